The van der Waals surface area contributed by atoms with Gasteiger partial charge in [0, 0.05) is 5.92 Å². The summed E-state index contributed by atoms with van der Waals surface area (Å²) in [7, 11) is 0. The summed E-state index contributed by atoms with van der Waals surface area (Å²) < 4.78 is 0. The third-order valence-electron chi connectivity index (χ3n) is 3.40. The zero-order chi connectivity index (χ0) is 13.4. The molecule has 1 aromatic rings. The van der Waals surface area contributed by atoms with Crippen molar-refractivity contribution < 1.29 is 14.7 Å². The molecular weight excluding hydrogens is 230 g/mol. The largest absolute Gasteiger partial charge is 0.478 e. The van der Waals surface area contributed by atoms with Crippen molar-refractivity contribution in [1.82, 2.24) is 0 Å². The Morgan fingerprint density at radius 3 is 2.44 bits per heavy atom. The number of aromatic carboxylic acids is 1. The number of nitrogens with one attached hydrogen (secondary N) is 1. The Balaban J connectivity index is 2.31. The van der Waals surface area contributed by atoms with Crippen molar-refractivity contribution in [3.05, 3.63) is 28.8 Å². The van der Waals surface area contributed by atoms with Gasteiger partial charge in [0.15, 0.2) is 0 Å². The van der Waals surface area contributed by atoms with Gasteiger partial charge in [0.1, 0.15) is 0 Å². The Morgan fingerprint density at radius 1 is 1.33 bits per heavy atom. The van der Waals surface area contributed by atoms with E-state index in [1.165, 1.54) is 0 Å². The maximum atomic E-state index is 11.9. The molecule has 1 saturated carbocycles. The smallest absolute Gasteiger partial charge is 0.337 e. The molecule has 1 aliphatic rings. The van der Waals surface area contributed by atoms with Gasteiger partial charge in [-0.25, -0.2) is 4.79 Å². The highest BCUT2D eigenvalue weighted by atomic mass is 16.4. The molecule has 2 atom stereocenters. The molecule has 18 heavy (non-hydrogen) atoms. The van der Waals surface area contributed by atoms with Crippen LogP contribution in [0.15, 0.2) is 12.1 Å². The zero-order valence-electron chi connectivity index (χ0n) is 10.8. The van der Waals surface area contributed by atoms with Crippen molar-refractivity contribution >= 4 is 17.6 Å². The molecule has 0 saturated heterocycles. The predicted molar refractivity (Wildman–Crippen MR) is 68.8 cm³/mol. The number of hydrogen-bond acceptors (Lipinski definition) is 2. The van der Waals surface area contributed by atoms with Gasteiger partial charge in [-0.1, -0.05) is 13.0 Å². The Morgan fingerprint density at radius 2 is 1.94 bits per heavy atom. The van der Waals surface area contributed by atoms with Crippen LogP contribution in [0.2, 0.25) is 0 Å². The molecule has 1 aromatic carbocycles. The lowest BCUT2D eigenvalue weighted by Gasteiger charge is -2.12. The van der Waals surface area contributed by atoms with E-state index < -0.39 is 5.97 Å². The summed E-state index contributed by atoms with van der Waals surface area (Å²) in [5.41, 5.74) is 2.25. The topological polar surface area (TPSA) is 66.4 Å². The van der Waals surface area contributed by atoms with Crippen LogP contribution in [-0.2, 0) is 4.79 Å². The molecule has 2 unspecified atom stereocenters. The number of amides is 1. The van der Waals surface area contributed by atoms with Crippen molar-refractivity contribution in [2.75, 3.05) is 5.32 Å². The molecule has 2 N–H and O–H groups in total. The molecule has 0 spiro atoms. The first-order chi connectivity index (χ1) is 8.40. The summed E-state index contributed by atoms with van der Waals surface area (Å²) in [5.74, 6) is -0.644. The second-order valence-corrected chi connectivity index (χ2v) is 5.12. The van der Waals surface area contributed by atoms with E-state index >= 15 is 0 Å². The number of benzene rings is 1. The van der Waals surface area contributed by atoms with E-state index in [1.54, 1.807) is 6.07 Å². The van der Waals surface area contributed by atoms with Crippen molar-refractivity contribution in [2.24, 2.45) is 11.8 Å². The number of carbonyl (C=O) groups is 2. The van der Waals surface area contributed by atoms with E-state index in [1.807, 2.05) is 26.8 Å². The highest BCUT2D eigenvalue weighted by Crippen LogP contribution is 2.39. The molecule has 0 bridgehead atoms. The maximum absolute atomic E-state index is 11.9. The number of rotatable bonds is 3. The molecule has 4 nitrogen and oxygen atoms in total. The van der Waals surface area contributed by atoms with E-state index in [0.29, 0.717) is 11.6 Å². The van der Waals surface area contributed by atoms with Gasteiger partial charge in [-0.3, -0.25) is 4.79 Å². The van der Waals surface area contributed by atoms with Crippen LogP contribution in [0, 0.1) is 25.7 Å². The van der Waals surface area contributed by atoms with Crippen LogP contribution in [0.1, 0.15) is 34.8 Å². The Bertz CT molecular complexity index is 522. The van der Waals surface area contributed by atoms with E-state index in [2.05, 4.69) is 5.32 Å². The fourth-order valence-electron chi connectivity index (χ4n) is 2.21. The van der Waals surface area contributed by atoms with Gasteiger partial charge < -0.3 is 10.4 Å². The standard InChI is InChI=1S/C14H17NO3/c1-7-4-9(3)12(11(5-7)14(17)18)15-13(16)10-6-8(10)2/h4-5,8,10H,6H2,1-3H3,(H,15,16)(H,17,18). The quantitative estimate of drug-likeness (QED) is 0.862. The van der Waals surface area contributed by atoms with Crippen molar-refractivity contribution in [3.63, 3.8) is 0 Å². The van der Waals surface area contributed by atoms with E-state index in [-0.39, 0.29) is 17.4 Å². The van der Waals surface area contributed by atoms with Gasteiger partial charge in [-0.2, -0.15) is 0 Å². The average Bonchev–Trinajstić information content (AvgIpc) is 2.98. The van der Waals surface area contributed by atoms with Crippen molar-refractivity contribution in [1.29, 1.82) is 0 Å². The molecule has 0 radical (unpaired) electrons. The maximum Gasteiger partial charge on any atom is 0.337 e. The minimum Gasteiger partial charge on any atom is -0.478 e. The summed E-state index contributed by atoms with van der Waals surface area (Å²) in [4.78, 5) is 23.1. The normalized spacial score (nSPS) is 21.5. The second kappa shape index (κ2) is 4.44. The first kappa shape index (κ1) is 12.6. The fourth-order valence-corrected chi connectivity index (χ4v) is 2.21. The number of aryl methyl sites for hydroxylation is 2. The number of carbonyl (C=O) groups excluding carboxylic acids is 1. The van der Waals surface area contributed by atoms with Crippen LogP contribution in [-0.4, -0.2) is 17.0 Å². The molecule has 0 heterocycles. The Labute approximate surface area is 106 Å². The number of hydrogen-bond donors (Lipinski definition) is 2. The highest BCUT2D eigenvalue weighted by molar-refractivity contribution is 6.03. The first-order valence-electron chi connectivity index (χ1n) is 6.05. The Hall–Kier alpha value is -1.84. The molecule has 96 valence electrons. The van der Waals surface area contributed by atoms with Crippen LogP contribution in [0.25, 0.3) is 0 Å². The van der Waals surface area contributed by atoms with Crippen LogP contribution in [0.3, 0.4) is 0 Å². The average molecular weight is 247 g/mol. The molecule has 1 fully saturated rings. The lowest BCUT2D eigenvalue weighted by atomic mass is 10.0. The highest BCUT2D eigenvalue weighted by Gasteiger charge is 2.39. The molecule has 1 amide bonds. The lowest BCUT2D eigenvalue weighted by Crippen LogP contribution is -2.18. The molecule has 0 aromatic heterocycles. The van der Waals surface area contributed by atoms with Gasteiger partial charge in [-0.15, -0.1) is 0 Å². The number of anilines is 1. The van der Waals surface area contributed by atoms with E-state index in [4.69, 9.17) is 0 Å². The lowest BCUT2D eigenvalue weighted by molar-refractivity contribution is -0.117. The fraction of sp³-hybridized carbons (Fsp3) is 0.429. The minimum atomic E-state index is -1.01. The summed E-state index contributed by atoms with van der Waals surface area (Å²) >= 11 is 0. The van der Waals surface area contributed by atoms with Crippen LogP contribution < -0.4 is 5.32 Å². The van der Waals surface area contributed by atoms with Gasteiger partial charge in [0.25, 0.3) is 0 Å². The summed E-state index contributed by atoms with van der Waals surface area (Å²) in [6.07, 6.45) is 0.888. The number of carboxylic acids is 1. The third-order valence-corrected chi connectivity index (χ3v) is 3.40. The molecule has 1 aliphatic carbocycles. The predicted octanol–water partition coefficient (Wildman–Crippen LogP) is 2.60. The van der Waals surface area contributed by atoms with Crippen LogP contribution in [0.4, 0.5) is 5.69 Å². The van der Waals surface area contributed by atoms with Gasteiger partial charge in [-0.05, 0) is 43.4 Å². The summed E-state index contributed by atoms with van der Waals surface area (Å²) in [6.45, 7) is 5.67. The first-order valence-corrected chi connectivity index (χ1v) is 6.05. The number of carboxylic acid groups (broad SMARTS) is 1. The Kier molecular flexibility index (Phi) is 3.11. The van der Waals surface area contributed by atoms with Gasteiger partial charge >= 0.3 is 5.97 Å². The van der Waals surface area contributed by atoms with E-state index in [9.17, 15) is 14.7 Å². The van der Waals surface area contributed by atoms with Gasteiger partial charge in [0.05, 0.1) is 11.3 Å². The minimum absolute atomic E-state index is 0.0346. The van der Waals surface area contributed by atoms with Crippen LogP contribution >= 0.6 is 0 Å². The second-order valence-electron chi connectivity index (χ2n) is 5.12. The van der Waals surface area contributed by atoms with Crippen molar-refractivity contribution in [2.45, 2.75) is 27.2 Å². The van der Waals surface area contributed by atoms with Crippen LogP contribution in [0.5, 0.6) is 0 Å². The molecular formula is C14H17NO3. The SMILES string of the molecule is Cc1cc(C)c(NC(=O)C2CC2C)c(C(=O)O)c1. The van der Waals surface area contributed by atoms with Crippen molar-refractivity contribution in [3.8, 4) is 0 Å². The summed E-state index contributed by atoms with van der Waals surface area (Å²) in [6, 6.07) is 3.46. The zero-order valence-corrected chi connectivity index (χ0v) is 10.8. The molecule has 0 aliphatic heterocycles. The molecule has 2 rings (SSSR count). The summed E-state index contributed by atoms with van der Waals surface area (Å²) in [5, 5.41) is 11.9. The third kappa shape index (κ3) is 2.37. The monoisotopic (exact) mass is 247 g/mol. The van der Waals surface area contributed by atoms with E-state index in [0.717, 1.165) is 17.5 Å². The van der Waals surface area contributed by atoms with Gasteiger partial charge in [0.2, 0.25) is 5.91 Å². The molecule has 4 heteroatoms.